The fourth-order valence-corrected chi connectivity index (χ4v) is 1.61. The first kappa shape index (κ1) is 16.2. The van der Waals surface area contributed by atoms with Crippen molar-refractivity contribution in [3.8, 4) is 0 Å². The minimum absolute atomic E-state index is 0.149. The SMILES string of the molecule is C=C(C)COCCNC(=O)NC(CO)c1ccccc1. The number of hydrogen-bond acceptors (Lipinski definition) is 3. The van der Waals surface area contributed by atoms with Crippen molar-refractivity contribution in [2.75, 3.05) is 26.4 Å². The van der Waals surface area contributed by atoms with E-state index in [1.54, 1.807) is 0 Å². The number of hydrogen-bond donors (Lipinski definition) is 3. The molecule has 1 aromatic carbocycles. The van der Waals surface area contributed by atoms with Crippen LogP contribution in [-0.4, -0.2) is 37.5 Å². The van der Waals surface area contributed by atoms with E-state index in [9.17, 15) is 9.90 Å². The van der Waals surface area contributed by atoms with Crippen molar-refractivity contribution in [1.29, 1.82) is 0 Å². The first-order chi connectivity index (χ1) is 9.63. The molecule has 1 unspecified atom stereocenters. The van der Waals surface area contributed by atoms with Gasteiger partial charge in [-0.1, -0.05) is 42.5 Å². The lowest BCUT2D eigenvalue weighted by Crippen LogP contribution is -2.40. The fourth-order valence-electron chi connectivity index (χ4n) is 1.61. The van der Waals surface area contributed by atoms with E-state index in [0.717, 1.165) is 11.1 Å². The second-order valence-electron chi connectivity index (χ2n) is 4.56. The highest BCUT2D eigenvalue weighted by molar-refractivity contribution is 5.74. The van der Waals surface area contributed by atoms with Gasteiger partial charge in [0.1, 0.15) is 0 Å². The number of nitrogens with one attached hydrogen (secondary N) is 2. The Morgan fingerprint density at radius 2 is 2.10 bits per heavy atom. The number of aliphatic hydroxyl groups excluding tert-OH is 1. The average Bonchev–Trinajstić information content (AvgIpc) is 2.45. The zero-order valence-corrected chi connectivity index (χ0v) is 11.8. The molecule has 2 amide bonds. The number of ether oxygens (including phenoxy) is 1. The van der Waals surface area contributed by atoms with E-state index in [2.05, 4.69) is 17.2 Å². The zero-order valence-electron chi connectivity index (χ0n) is 11.8. The van der Waals surface area contributed by atoms with Crippen LogP contribution in [0.3, 0.4) is 0 Å². The van der Waals surface area contributed by atoms with Crippen LogP contribution in [0.4, 0.5) is 4.79 Å². The lowest BCUT2D eigenvalue weighted by atomic mass is 10.1. The summed E-state index contributed by atoms with van der Waals surface area (Å²) in [5, 5.41) is 14.7. The Bertz CT molecular complexity index is 420. The number of carbonyl (C=O) groups is 1. The van der Waals surface area contributed by atoms with E-state index in [1.165, 1.54) is 0 Å². The molecule has 1 atom stereocenters. The van der Waals surface area contributed by atoms with Crippen LogP contribution in [0.5, 0.6) is 0 Å². The molecule has 110 valence electrons. The van der Waals surface area contributed by atoms with E-state index in [1.807, 2.05) is 37.3 Å². The molecule has 0 saturated carbocycles. The summed E-state index contributed by atoms with van der Waals surface area (Å²) < 4.78 is 5.27. The summed E-state index contributed by atoms with van der Waals surface area (Å²) in [5.74, 6) is 0. The maximum atomic E-state index is 11.7. The molecular formula is C15H22N2O3. The predicted octanol–water partition coefficient (Wildman–Crippen LogP) is 1.61. The number of rotatable bonds is 8. The summed E-state index contributed by atoms with van der Waals surface area (Å²) in [4.78, 5) is 11.7. The van der Waals surface area contributed by atoms with E-state index < -0.39 is 6.04 Å². The molecular weight excluding hydrogens is 256 g/mol. The molecule has 0 saturated heterocycles. The van der Waals surface area contributed by atoms with Gasteiger partial charge in [0, 0.05) is 6.54 Å². The molecule has 0 fully saturated rings. The Morgan fingerprint density at radius 1 is 1.40 bits per heavy atom. The van der Waals surface area contributed by atoms with Crippen LogP contribution >= 0.6 is 0 Å². The zero-order chi connectivity index (χ0) is 14.8. The molecule has 0 radical (unpaired) electrons. The highest BCUT2D eigenvalue weighted by Crippen LogP contribution is 2.10. The Balaban J connectivity index is 2.28. The number of amides is 2. The van der Waals surface area contributed by atoms with Gasteiger partial charge in [-0.25, -0.2) is 4.79 Å². The van der Waals surface area contributed by atoms with Gasteiger partial charge in [0.05, 0.1) is 25.9 Å². The fraction of sp³-hybridized carbons (Fsp3) is 0.400. The Hall–Kier alpha value is -1.85. The van der Waals surface area contributed by atoms with Crippen molar-refractivity contribution in [3.63, 3.8) is 0 Å². The van der Waals surface area contributed by atoms with Crippen molar-refractivity contribution < 1.29 is 14.6 Å². The molecule has 1 aromatic rings. The molecule has 0 aliphatic carbocycles. The van der Waals surface area contributed by atoms with Crippen LogP contribution in [0.1, 0.15) is 18.5 Å². The van der Waals surface area contributed by atoms with Gasteiger partial charge in [0.15, 0.2) is 0 Å². The van der Waals surface area contributed by atoms with Gasteiger partial charge in [-0.3, -0.25) is 0 Å². The number of carbonyl (C=O) groups excluding carboxylic acids is 1. The third-order valence-corrected chi connectivity index (χ3v) is 2.57. The molecule has 0 aromatic heterocycles. The molecule has 0 aliphatic heterocycles. The maximum absolute atomic E-state index is 11.7. The molecule has 3 N–H and O–H groups in total. The summed E-state index contributed by atoms with van der Waals surface area (Å²) in [7, 11) is 0. The molecule has 20 heavy (non-hydrogen) atoms. The van der Waals surface area contributed by atoms with Crippen molar-refractivity contribution in [3.05, 3.63) is 48.0 Å². The van der Waals surface area contributed by atoms with Gasteiger partial charge < -0.3 is 20.5 Å². The van der Waals surface area contributed by atoms with Gasteiger partial charge in [-0.2, -0.15) is 0 Å². The third-order valence-electron chi connectivity index (χ3n) is 2.57. The third kappa shape index (κ3) is 6.36. The second-order valence-corrected chi connectivity index (χ2v) is 4.56. The van der Waals surface area contributed by atoms with Gasteiger partial charge >= 0.3 is 6.03 Å². The van der Waals surface area contributed by atoms with Crippen LogP contribution in [0.2, 0.25) is 0 Å². The highest BCUT2D eigenvalue weighted by atomic mass is 16.5. The molecule has 0 bridgehead atoms. The first-order valence-electron chi connectivity index (χ1n) is 6.55. The minimum Gasteiger partial charge on any atom is -0.394 e. The molecule has 0 aliphatic rings. The van der Waals surface area contributed by atoms with Gasteiger partial charge in [-0.15, -0.1) is 0 Å². The molecule has 5 heteroatoms. The van der Waals surface area contributed by atoms with Crippen LogP contribution in [0.15, 0.2) is 42.5 Å². The lowest BCUT2D eigenvalue weighted by Gasteiger charge is -2.17. The summed E-state index contributed by atoms with van der Waals surface area (Å²) >= 11 is 0. The smallest absolute Gasteiger partial charge is 0.315 e. The van der Waals surface area contributed by atoms with Crippen LogP contribution in [-0.2, 0) is 4.74 Å². The van der Waals surface area contributed by atoms with E-state index in [-0.39, 0.29) is 12.6 Å². The Morgan fingerprint density at radius 3 is 2.70 bits per heavy atom. The normalized spacial score (nSPS) is 11.7. The maximum Gasteiger partial charge on any atom is 0.315 e. The topological polar surface area (TPSA) is 70.6 Å². The van der Waals surface area contributed by atoms with E-state index in [4.69, 9.17) is 4.74 Å². The van der Waals surface area contributed by atoms with Crippen molar-refractivity contribution >= 4 is 6.03 Å². The van der Waals surface area contributed by atoms with Gasteiger partial charge in [-0.05, 0) is 12.5 Å². The van der Waals surface area contributed by atoms with Crippen LogP contribution < -0.4 is 10.6 Å². The monoisotopic (exact) mass is 278 g/mol. The first-order valence-corrected chi connectivity index (χ1v) is 6.55. The Labute approximate surface area is 119 Å². The molecule has 1 rings (SSSR count). The number of urea groups is 1. The summed E-state index contributed by atoms with van der Waals surface area (Å²) in [6.07, 6.45) is 0. The molecule has 0 heterocycles. The van der Waals surface area contributed by atoms with Crippen molar-refractivity contribution in [2.24, 2.45) is 0 Å². The molecule has 0 spiro atoms. The standard InChI is InChI=1S/C15H22N2O3/c1-12(2)11-20-9-8-16-15(19)17-14(10-18)13-6-4-3-5-7-13/h3-7,14,18H,1,8-11H2,2H3,(H2,16,17,19). The van der Waals surface area contributed by atoms with E-state index in [0.29, 0.717) is 19.8 Å². The van der Waals surface area contributed by atoms with Crippen molar-refractivity contribution in [1.82, 2.24) is 10.6 Å². The van der Waals surface area contributed by atoms with Crippen LogP contribution in [0, 0.1) is 0 Å². The van der Waals surface area contributed by atoms with Gasteiger partial charge in [0.2, 0.25) is 0 Å². The largest absolute Gasteiger partial charge is 0.394 e. The number of benzene rings is 1. The quantitative estimate of drug-likeness (QED) is 0.500. The predicted molar refractivity (Wildman–Crippen MR) is 78.4 cm³/mol. The minimum atomic E-state index is -0.410. The van der Waals surface area contributed by atoms with Crippen molar-refractivity contribution in [2.45, 2.75) is 13.0 Å². The average molecular weight is 278 g/mol. The highest BCUT2D eigenvalue weighted by Gasteiger charge is 2.12. The second kappa shape index (κ2) is 9.12. The van der Waals surface area contributed by atoms with Gasteiger partial charge in [0.25, 0.3) is 0 Å². The molecule has 5 nitrogen and oxygen atoms in total. The summed E-state index contributed by atoms with van der Waals surface area (Å²) in [5.41, 5.74) is 1.81. The van der Waals surface area contributed by atoms with E-state index >= 15 is 0 Å². The number of aliphatic hydroxyl groups is 1. The summed E-state index contributed by atoms with van der Waals surface area (Å²) in [6.45, 7) is 6.78. The Kier molecular flexibility index (Phi) is 7.39. The summed E-state index contributed by atoms with van der Waals surface area (Å²) in [6, 6.07) is 8.59. The van der Waals surface area contributed by atoms with Crippen LogP contribution in [0.25, 0.3) is 0 Å². The lowest BCUT2D eigenvalue weighted by molar-refractivity contribution is 0.157.